The van der Waals surface area contributed by atoms with E-state index in [1.165, 1.54) is 19.2 Å². The summed E-state index contributed by atoms with van der Waals surface area (Å²) in [5, 5.41) is 2.38. The van der Waals surface area contributed by atoms with Gasteiger partial charge in [-0.25, -0.2) is 14.4 Å². The molecule has 0 spiro atoms. The van der Waals surface area contributed by atoms with Crippen LogP contribution in [-0.4, -0.2) is 62.6 Å². The van der Waals surface area contributed by atoms with Gasteiger partial charge in [0.25, 0.3) is 0 Å². The van der Waals surface area contributed by atoms with E-state index in [1.807, 2.05) is 0 Å². The largest absolute Gasteiger partial charge is 0.497 e. The van der Waals surface area contributed by atoms with Crippen LogP contribution >= 0.6 is 0 Å². The molecule has 0 heterocycles. The average molecular weight is 425 g/mol. The second-order valence-electron chi connectivity index (χ2n) is 7.13. The molecule has 30 heavy (non-hydrogen) atoms. The van der Waals surface area contributed by atoms with Crippen LogP contribution in [0.5, 0.6) is 5.75 Å². The number of rotatable bonds is 8. The van der Waals surface area contributed by atoms with Gasteiger partial charge in [0.05, 0.1) is 19.8 Å². The van der Waals surface area contributed by atoms with E-state index in [4.69, 9.17) is 18.9 Å². The summed E-state index contributed by atoms with van der Waals surface area (Å²) >= 11 is 0. The molecule has 1 N–H and O–H groups in total. The van der Waals surface area contributed by atoms with Crippen LogP contribution in [0.1, 0.15) is 38.1 Å². The minimum Gasteiger partial charge on any atom is -0.497 e. The Bertz CT molecular complexity index is 753. The van der Waals surface area contributed by atoms with Gasteiger partial charge in [-0.3, -0.25) is 4.79 Å². The molecule has 0 aliphatic heterocycles. The molecule has 0 saturated carbocycles. The number of alkyl carbamates (subject to hydrolysis) is 1. The Morgan fingerprint density at radius 2 is 1.63 bits per heavy atom. The van der Waals surface area contributed by atoms with Crippen molar-refractivity contribution in [3.8, 4) is 5.75 Å². The first-order chi connectivity index (χ1) is 14.0. The summed E-state index contributed by atoms with van der Waals surface area (Å²) in [4.78, 5) is 48.0. The van der Waals surface area contributed by atoms with Gasteiger partial charge in [0.2, 0.25) is 6.10 Å². The minimum absolute atomic E-state index is 0.217. The second kappa shape index (κ2) is 11.0. The first-order valence-electron chi connectivity index (χ1n) is 9.02. The lowest BCUT2D eigenvalue weighted by atomic mass is 10.1. The molecule has 166 valence electrons. The van der Waals surface area contributed by atoms with Crippen LogP contribution in [0, 0.1) is 0 Å². The Labute approximate surface area is 174 Å². The fourth-order valence-electron chi connectivity index (χ4n) is 2.23. The molecular weight excluding hydrogens is 398 g/mol. The predicted octanol–water partition coefficient (Wildman–Crippen LogP) is 1.85. The van der Waals surface area contributed by atoms with Gasteiger partial charge in [0.15, 0.2) is 0 Å². The Morgan fingerprint density at radius 1 is 1.03 bits per heavy atom. The highest BCUT2D eigenvalue weighted by atomic mass is 16.6. The first-order valence-corrected chi connectivity index (χ1v) is 9.02. The molecule has 0 aromatic heterocycles. The summed E-state index contributed by atoms with van der Waals surface area (Å²) in [7, 11) is 2.58. The Hall–Kier alpha value is -3.30. The normalized spacial score (nSPS) is 12.7. The summed E-state index contributed by atoms with van der Waals surface area (Å²) in [6, 6.07) is 4.87. The highest BCUT2D eigenvalue weighted by Gasteiger charge is 2.36. The zero-order chi connectivity index (χ0) is 22.9. The van der Waals surface area contributed by atoms with Crippen LogP contribution in [0.4, 0.5) is 4.79 Å². The number of esters is 3. The quantitative estimate of drug-likeness (QED) is 0.490. The highest BCUT2D eigenvalue weighted by Crippen LogP contribution is 2.14. The molecule has 0 aliphatic carbocycles. The molecule has 10 heteroatoms. The fraction of sp³-hybridized carbons (Fsp3) is 0.500. The molecule has 10 nitrogen and oxygen atoms in total. The van der Waals surface area contributed by atoms with Crippen molar-refractivity contribution in [3.05, 3.63) is 29.8 Å². The van der Waals surface area contributed by atoms with E-state index in [9.17, 15) is 19.2 Å². The smallest absolute Gasteiger partial charge is 0.408 e. The van der Waals surface area contributed by atoms with E-state index < -0.39 is 48.4 Å². The molecule has 0 bridgehead atoms. The van der Waals surface area contributed by atoms with Crippen molar-refractivity contribution in [2.45, 2.75) is 45.4 Å². The van der Waals surface area contributed by atoms with Gasteiger partial charge >= 0.3 is 24.0 Å². The maximum atomic E-state index is 12.3. The molecule has 0 fully saturated rings. The topological polar surface area (TPSA) is 126 Å². The van der Waals surface area contributed by atoms with E-state index in [0.717, 1.165) is 14.0 Å². The third-order valence-corrected chi connectivity index (χ3v) is 3.51. The van der Waals surface area contributed by atoms with Crippen LogP contribution in [0.25, 0.3) is 0 Å². The predicted molar refractivity (Wildman–Crippen MR) is 104 cm³/mol. The standard InChI is InChI=1S/C20H27NO9/c1-12(22)29-16(18(24)27-6)15(21-19(25)30-20(2,3)4)11-28-17(23)13-7-9-14(26-5)10-8-13/h7-10,15-16H,11H2,1-6H3,(H,21,25)/t15-,16+/m1/s1. The molecule has 2 atom stereocenters. The Morgan fingerprint density at radius 3 is 2.10 bits per heavy atom. The zero-order valence-corrected chi connectivity index (χ0v) is 17.8. The molecule has 0 radical (unpaired) electrons. The lowest BCUT2D eigenvalue weighted by Gasteiger charge is -2.27. The molecule has 1 amide bonds. The minimum atomic E-state index is -1.55. The summed E-state index contributed by atoms with van der Waals surface area (Å²) in [6.07, 6.45) is -2.45. The van der Waals surface area contributed by atoms with E-state index in [2.05, 4.69) is 10.1 Å². The number of benzene rings is 1. The first kappa shape index (κ1) is 24.7. The monoisotopic (exact) mass is 425 g/mol. The summed E-state index contributed by atoms with van der Waals surface area (Å²) < 4.78 is 25.0. The average Bonchev–Trinajstić information content (AvgIpc) is 2.67. The number of ether oxygens (including phenoxy) is 5. The SMILES string of the molecule is COC(=O)[C@@H](OC(C)=O)[C@@H](COC(=O)c1ccc(OC)cc1)NC(=O)OC(C)(C)C. The maximum absolute atomic E-state index is 12.3. The lowest BCUT2D eigenvalue weighted by molar-refractivity contribution is -0.167. The van der Waals surface area contributed by atoms with Gasteiger partial charge < -0.3 is 29.0 Å². The van der Waals surface area contributed by atoms with E-state index in [1.54, 1.807) is 32.9 Å². The van der Waals surface area contributed by atoms with Crippen molar-refractivity contribution in [1.29, 1.82) is 0 Å². The number of methoxy groups -OCH3 is 2. The van der Waals surface area contributed by atoms with Crippen LogP contribution in [0.15, 0.2) is 24.3 Å². The van der Waals surface area contributed by atoms with Gasteiger partial charge in [-0.05, 0) is 45.0 Å². The molecule has 0 saturated heterocycles. The maximum Gasteiger partial charge on any atom is 0.408 e. The fourth-order valence-corrected chi connectivity index (χ4v) is 2.23. The van der Waals surface area contributed by atoms with Gasteiger partial charge in [0.1, 0.15) is 24.0 Å². The summed E-state index contributed by atoms with van der Waals surface area (Å²) in [5.74, 6) is -1.90. The van der Waals surface area contributed by atoms with Gasteiger partial charge in [-0.2, -0.15) is 0 Å². The van der Waals surface area contributed by atoms with Gasteiger partial charge in [0, 0.05) is 6.92 Å². The molecule has 0 aliphatic rings. The van der Waals surface area contributed by atoms with Crippen LogP contribution < -0.4 is 10.1 Å². The van der Waals surface area contributed by atoms with Crippen molar-refractivity contribution in [1.82, 2.24) is 5.32 Å². The van der Waals surface area contributed by atoms with E-state index in [-0.39, 0.29) is 5.56 Å². The summed E-state index contributed by atoms with van der Waals surface area (Å²) in [6.45, 7) is 5.54. The van der Waals surface area contributed by atoms with Crippen molar-refractivity contribution in [2.24, 2.45) is 0 Å². The number of hydrogen-bond acceptors (Lipinski definition) is 9. The third-order valence-electron chi connectivity index (χ3n) is 3.51. The Balaban J connectivity index is 2.99. The second-order valence-corrected chi connectivity index (χ2v) is 7.13. The van der Waals surface area contributed by atoms with Crippen molar-refractivity contribution < 1.29 is 42.9 Å². The number of amides is 1. The van der Waals surface area contributed by atoms with Crippen molar-refractivity contribution in [3.63, 3.8) is 0 Å². The van der Waals surface area contributed by atoms with Crippen LogP contribution in [0.3, 0.4) is 0 Å². The van der Waals surface area contributed by atoms with Gasteiger partial charge in [-0.1, -0.05) is 0 Å². The highest BCUT2D eigenvalue weighted by molar-refractivity contribution is 5.89. The zero-order valence-electron chi connectivity index (χ0n) is 17.8. The van der Waals surface area contributed by atoms with Crippen molar-refractivity contribution >= 4 is 24.0 Å². The number of carbonyl (C=O) groups is 4. The number of nitrogens with one attached hydrogen (secondary N) is 1. The van der Waals surface area contributed by atoms with Crippen LogP contribution in [-0.2, 0) is 28.5 Å². The third kappa shape index (κ3) is 8.38. The molecular formula is C20H27NO9. The molecule has 1 aromatic rings. The van der Waals surface area contributed by atoms with Gasteiger partial charge in [-0.15, -0.1) is 0 Å². The molecule has 1 rings (SSSR count). The van der Waals surface area contributed by atoms with Crippen LogP contribution in [0.2, 0.25) is 0 Å². The molecule has 0 unspecified atom stereocenters. The van der Waals surface area contributed by atoms with E-state index >= 15 is 0 Å². The number of hydrogen-bond donors (Lipinski definition) is 1. The van der Waals surface area contributed by atoms with E-state index in [0.29, 0.717) is 5.75 Å². The Kier molecular flexibility index (Phi) is 9.10. The number of carbonyl (C=O) groups excluding carboxylic acids is 4. The summed E-state index contributed by atoms with van der Waals surface area (Å²) in [5.41, 5.74) is -0.606. The van der Waals surface area contributed by atoms with Crippen molar-refractivity contribution in [2.75, 3.05) is 20.8 Å². The molecule has 1 aromatic carbocycles. The lowest BCUT2D eigenvalue weighted by Crippen LogP contribution is -2.53.